The fourth-order valence-electron chi connectivity index (χ4n) is 1.81. The first-order valence-electron chi connectivity index (χ1n) is 6.41. The number of ether oxygens (including phenoxy) is 1. The normalized spacial score (nSPS) is 11.1. The number of hydrogen-bond acceptors (Lipinski definition) is 4. The first-order chi connectivity index (χ1) is 10.7. The summed E-state index contributed by atoms with van der Waals surface area (Å²) in [6, 6.07) is 7.96. The van der Waals surface area contributed by atoms with Crippen molar-refractivity contribution >= 4 is 15.9 Å². The van der Waals surface area contributed by atoms with E-state index in [0.717, 1.165) is 11.8 Å². The Labute approximate surface area is 132 Å². The third-order valence-corrected chi connectivity index (χ3v) is 3.32. The van der Waals surface area contributed by atoms with E-state index in [-0.39, 0.29) is 0 Å². The fraction of sp³-hybridized carbons (Fsp3) is 0.133. The maximum absolute atomic E-state index is 14.0. The minimum absolute atomic E-state index is 0.302. The van der Waals surface area contributed by atoms with Crippen molar-refractivity contribution in [2.24, 2.45) is 0 Å². The third kappa shape index (κ3) is 4.49. The van der Waals surface area contributed by atoms with E-state index in [1.165, 1.54) is 0 Å². The minimum atomic E-state index is -3.88. The number of carbonyl (C=O) groups excluding carboxylic acids is 1. The number of sulfonamides is 1. The van der Waals surface area contributed by atoms with Crippen LogP contribution < -0.4 is 9.46 Å². The van der Waals surface area contributed by atoms with Crippen LogP contribution >= 0.6 is 0 Å². The zero-order chi connectivity index (χ0) is 17.2. The summed E-state index contributed by atoms with van der Waals surface area (Å²) in [5, 5.41) is 0. The summed E-state index contributed by atoms with van der Waals surface area (Å²) in [6.45, 7) is 1.81. The van der Waals surface area contributed by atoms with Gasteiger partial charge in [-0.25, -0.2) is 21.9 Å². The van der Waals surface area contributed by atoms with E-state index >= 15 is 0 Å². The molecule has 122 valence electrons. The molecule has 2 rings (SSSR count). The van der Waals surface area contributed by atoms with Crippen molar-refractivity contribution in [1.82, 2.24) is 4.72 Å². The Hall–Kier alpha value is -2.48. The van der Waals surface area contributed by atoms with Crippen molar-refractivity contribution < 1.29 is 26.7 Å². The number of halogens is 2. The van der Waals surface area contributed by atoms with E-state index < -0.39 is 38.9 Å². The van der Waals surface area contributed by atoms with Gasteiger partial charge in [0.2, 0.25) is 10.0 Å². The number of rotatable bonds is 4. The molecule has 0 heterocycles. The van der Waals surface area contributed by atoms with Crippen LogP contribution in [-0.2, 0) is 10.0 Å². The van der Waals surface area contributed by atoms with Crippen LogP contribution in [-0.4, -0.2) is 20.6 Å². The highest BCUT2D eigenvalue weighted by atomic mass is 32.2. The van der Waals surface area contributed by atoms with Crippen LogP contribution in [0.4, 0.5) is 8.78 Å². The van der Waals surface area contributed by atoms with Crippen LogP contribution in [0.5, 0.6) is 11.5 Å². The van der Waals surface area contributed by atoms with Gasteiger partial charge in [-0.05, 0) is 30.7 Å². The topological polar surface area (TPSA) is 72.5 Å². The molecule has 0 aliphatic rings. The van der Waals surface area contributed by atoms with Gasteiger partial charge in [0.05, 0.1) is 11.8 Å². The fourth-order valence-corrected chi connectivity index (χ4v) is 2.26. The molecule has 0 radical (unpaired) electrons. The van der Waals surface area contributed by atoms with E-state index in [2.05, 4.69) is 0 Å². The molecule has 0 aliphatic heterocycles. The highest BCUT2D eigenvalue weighted by molar-refractivity contribution is 7.89. The Balaban J connectivity index is 2.32. The molecule has 0 aromatic heterocycles. The second kappa shape index (κ2) is 6.33. The average Bonchev–Trinajstić information content (AvgIpc) is 2.40. The number of hydrogen-bond donors (Lipinski definition) is 1. The second-order valence-corrected chi connectivity index (χ2v) is 6.63. The average molecular weight is 341 g/mol. The molecule has 2 aromatic carbocycles. The molecular weight excluding hydrogens is 328 g/mol. The maximum Gasteiger partial charge on any atom is 0.267 e. The quantitative estimate of drug-likeness (QED) is 0.928. The number of benzene rings is 2. The smallest absolute Gasteiger partial charge is 0.267 e. The molecule has 8 heteroatoms. The lowest BCUT2D eigenvalue weighted by atomic mass is 10.2. The lowest BCUT2D eigenvalue weighted by Crippen LogP contribution is -2.30. The Morgan fingerprint density at radius 1 is 1.13 bits per heavy atom. The molecule has 0 aliphatic carbocycles. The Kier molecular flexibility index (Phi) is 4.65. The Morgan fingerprint density at radius 2 is 1.83 bits per heavy atom. The molecule has 0 saturated heterocycles. The van der Waals surface area contributed by atoms with Crippen LogP contribution in [0.3, 0.4) is 0 Å². The number of nitrogens with one attached hydrogen (secondary N) is 1. The summed E-state index contributed by atoms with van der Waals surface area (Å²) in [5.41, 5.74) is 0.136. The lowest BCUT2D eigenvalue weighted by molar-refractivity contribution is 0.0977. The summed E-state index contributed by atoms with van der Waals surface area (Å²) < 4.78 is 56.7. The van der Waals surface area contributed by atoms with Gasteiger partial charge in [-0.3, -0.25) is 4.79 Å². The molecule has 0 bridgehead atoms. The van der Waals surface area contributed by atoms with Crippen molar-refractivity contribution in [2.45, 2.75) is 6.92 Å². The molecule has 0 unspecified atom stereocenters. The highest BCUT2D eigenvalue weighted by Gasteiger charge is 2.19. The van der Waals surface area contributed by atoms with Crippen LogP contribution in [0.25, 0.3) is 0 Å². The van der Waals surface area contributed by atoms with Gasteiger partial charge in [-0.2, -0.15) is 0 Å². The van der Waals surface area contributed by atoms with E-state index in [4.69, 9.17) is 4.74 Å². The standard InChI is InChI=1S/C15H13F2NO4S/c1-9-4-3-5-10(6-9)22-14-8-12(16)11(7-13(14)17)15(19)18-23(2,20)21/h3-8H,1-2H3,(H,18,19). The molecule has 1 N–H and O–H groups in total. The van der Waals surface area contributed by atoms with E-state index in [9.17, 15) is 22.0 Å². The largest absolute Gasteiger partial charge is 0.454 e. The number of amides is 1. The third-order valence-electron chi connectivity index (χ3n) is 2.76. The van der Waals surface area contributed by atoms with Gasteiger partial charge in [0.25, 0.3) is 5.91 Å². The zero-order valence-corrected chi connectivity index (χ0v) is 13.1. The van der Waals surface area contributed by atoms with Crippen LogP contribution in [0.2, 0.25) is 0 Å². The van der Waals surface area contributed by atoms with E-state index in [1.54, 1.807) is 22.9 Å². The minimum Gasteiger partial charge on any atom is -0.454 e. The molecular formula is C15H13F2NO4S. The zero-order valence-electron chi connectivity index (χ0n) is 12.3. The molecule has 23 heavy (non-hydrogen) atoms. The molecule has 2 aromatic rings. The molecule has 0 spiro atoms. The van der Waals surface area contributed by atoms with Gasteiger partial charge in [0, 0.05) is 6.07 Å². The van der Waals surface area contributed by atoms with Crippen molar-refractivity contribution in [3.8, 4) is 11.5 Å². The summed E-state index contributed by atoms with van der Waals surface area (Å²) in [4.78, 5) is 11.6. The van der Waals surface area contributed by atoms with Crippen molar-refractivity contribution in [1.29, 1.82) is 0 Å². The van der Waals surface area contributed by atoms with Gasteiger partial charge < -0.3 is 4.74 Å². The first-order valence-corrected chi connectivity index (χ1v) is 8.30. The van der Waals surface area contributed by atoms with Crippen molar-refractivity contribution in [3.63, 3.8) is 0 Å². The summed E-state index contributed by atoms with van der Waals surface area (Å²) in [6.07, 6.45) is 0.731. The van der Waals surface area contributed by atoms with Gasteiger partial charge in [-0.15, -0.1) is 0 Å². The first kappa shape index (κ1) is 16.9. The van der Waals surface area contributed by atoms with Crippen LogP contribution in [0.1, 0.15) is 15.9 Å². The second-order valence-electron chi connectivity index (χ2n) is 4.88. The molecule has 0 atom stereocenters. The van der Waals surface area contributed by atoms with Crippen LogP contribution in [0.15, 0.2) is 36.4 Å². The number of aryl methyl sites for hydroxylation is 1. The predicted molar refractivity (Wildman–Crippen MR) is 79.9 cm³/mol. The van der Waals surface area contributed by atoms with E-state index in [1.807, 2.05) is 13.0 Å². The molecule has 0 fully saturated rings. The Bertz CT molecular complexity index is 866. The molecule has 5 nitrogen and oxygen atoms in total. The summed E-state index contributed by atoms with van der Waals surface area (Å²) in [7, 11) is -3.88. The van der Waals surface area contributed by atoms with Crippen molar-refractivity contribution in [3.05, 3.63) is 59.2 Å². The van der Waals surface area contributed by atoms with Gasteiger partial charge in [-0.1, -0.05) is 12.1 Å². The van der Waals surface area contributed by atoms with Gasteiger partial charge >= 0.3 is 0 Å². The monoisotopic (exact) mass is 341 g/mol. The number of carbonyl (C=O) groups is 1. The summed E-state index contributed by atoms with van der Waals surface area (Å²) in [5.74, 6) is -3.46. The lowest BCUT2D eigenvalue weighted by Gasteiger charge is -2.10. The van der Waals surface area contributed by atoms with Crippen LogP contribution in [0, 0.1) is 18.6 Å². The predicted octanol–water partition coefficient (Wildman–Crippen LogP) is 2.75. The van der Waals surface area contributed by atoms with Crippen molar-refractivity contribution in [2.75, 3.05) is 6.26 Å². The molecule has 0 saturated carbocycles. The SMILES string of the molecule is Cc1cccc(Oc2cc(F)c(C(=O)NS(C)(=O)=O)cc2F)c1. The summed E-state index contributed by atoms with van der Waals surface area (Å²) >= 11 is 0. The molecule has 1 amide bonds. The van der Waals surface area contributed by atoms with Gasteiger partial charge in [0.15, 0.2) is 11.6 Å². The highest BCUT2D eigenvalue weighted by Crippen LogP contribution is 2.27. The van der Waals surface area contributed by atoms with Gasteiger partial charge in [0.1, 0.15) is 11.6 Å². The van der Waals surface area contributed by atoms with E-state index in [0.29, 0.717) is 17.9 Å². The maximum atomic E-state index is 14.0. The Morgan fingerprint density at radius 3 is 2.43 bits per heavy atom.